The van der Waals surface area contributed by atoms with Crippen molar-refractivity contribution in [2.75, 3.05) is 6.61 Å². The van der Waals surface area contributed by atoms with E-state index in [1.54, 1.807) is 0 Å². The van der Waals surface area contributed by atoms with Crippen molar-refractivity contribution >= 4 is 0 Å². The molecule has 1 unspecified atom stereocenters. The summed E-state index contributed by atoms with van der Waals surface area (Å²) < 4.78 is 5.13. The van der Waals surface area contributed by atoms with Crippen molar-refractivity contribution in [1.29, 1.82) is 0 Å². The Morgan fingerprint density at radius 3 is 1.83 bits per heavy atom. The highest BCUT2D eigenvalue weighted by atomic mass is 16.6. The summed E-state index contributed by atoms with van der Waals surface area (Å²) in [5.41, 5.74) is 0. The fraction of sp³-hybridized carbons (Fsp3) is 0.882. The second kappa shape index (κ2) is 11.8. The molecule has 18 heavy (non-hydrogen) atoms. The smallest absolute Gasteiger partial charge is 0.0991 e. The predicted molar refractivity (Wildman–Crippen MR) is 80.0 cm³/mol. The van der Waals surface area contributed by atoms with E-state index in [1.807, 2.05) is 0 Å². The van der Waals surface area contributed by atoms with Crippen molar-refractivity contribution < 1.29 is 4.74 Å². The minimum atomic E-state index is 0.470. The monoisotopic (exact) mass is 252 g/mol. The summed E-state index contributed by atoms with van der Waals surface area (Å²) in [7, 11) is 0. The van der Waals surface area contributed by atoms with E-state index in [0.29, 0.717) is 6.10 Å². The molecule has 0 saturated carbocycles. The summed E-state index contributed by atoms with van der Waals surface area (Å²) in [5.74, 6) is 0. The highest BCUT2D eigenvalue weighted by Gasteiger charge is 2.17. The van der Waals surface area contributed by atoms with Crippen LogP contribution in [0.15, 0.2) is 12.2 Å². The molecule has 0 N–H and O–H groups in total. The van der Waals surface area contributed by atoms with Gasteiger partial charge in [0.15, 0.2) is 0 Å². The Morgan fingerprint density at radius 2 is 1.33 bits per heavy atom. The molecule has 0 radical (unpaired) electrons. The molecule has 0 aromatic rings. The summed E-state index contributed by atoms with van der Waals surface area (Å²) >= 11 is 0. The summed E-state index contributed by atoms with van der Waals surface area (Å²) in [4.78, 5) is 0. The molecule has 106 valence electrons. The number of allylic oxidation sites excluding steroid dienone is 1. The zero-order chi connectivity index (χ0) is 12.9. The molecule has 0 aromatic carbocycles. The van der Waals surface area contributed by atoms with Crippen LogP contribution in [0.1, 0.15) is 84.0 Å². The number of rotatable bonds is 13. The minimum Gasteiger partial charge on any atom is -0.369 e. The maximum atomic E-state index is 5.13. The summed E-state index contributed by atoms with van der Waals surface area (Å²) in [5, 5.41) is 0. The van der Waals surface area contributed by atoms with Crippen LogP contribution in [-0.2, 0) is 4.74 Å². The van der Waals surface area contributed by atoms with E-state index in [4.69, 9.17) is 4.74 Å². The van der Waals surface area contributed by atoms with E-state index in [1.165, 1.54) is 77.0 Å². The average Bonchev–Trinajstić information content (AvgIpc) is 3.19. The molecule has 0 aromatic heterocycles. The maximum Gasteiger partial charge on any atom is 0.0991 e. The third-order valence-electron chi connectivity index (χ3n) is 3.68. The lowest BCUT2D eigenvalue weighted by molar-refractivity contribution is 0.439. The van der Waals surface area contributed by atoms with E-state index in [2.05, 4.69) is 19.1 Å². The van der Waals surface area contributed by atoms with Crippen molar-refractivity contribution in [2.45, 2.75) is 90.1 Å². The van der Waals surface area contributed by atoms with Gasteiger partial charge in [-0.1, -0.05) is 83.3 Å². The molecule has 1 aliphatic rings. The molecule has 0 aliphatic carbocycles. The quantitative estimate of drug-likeness (QED) is 0.235. The molecule has 1 aliphatic heterocycles. The van der Waals surface area contributed by atoms with E-state index in [-0.39, 0.29) is 0 Å². The Labute approximate surface area is 114 Å². The maximum absolute atomic E-state index is 5.13. The van der Waals surface area contributed by atoms with E-state index < -0.39 is 0 Å². The highest BCUT2D eigenvalue weighted by molar-refractivity contribution is 4.95. The van der Waals surface area contributed by atoms with Gasteiger partial charge in [0, 0.05) is 0 Å². The van der Waals surface area contributed by atoms with Crippen molar-refractivity contribution in [2.24, 2.45) is 0 Å². The topological polar surface area (TPSA) is 12.5 Å². The van der Waals surface area contributed by atoms with Crippen molar-refractivity contribution in [3.8, 4) is 0 Å². The second-order valence-electron chi connectivity index (χ2n) is 5.62. The zero-order valence-corrected chi connectivity index (χ0v) is 12.3. The number of hydrogen-bond acceptors (Lipinski definition) is 1. The molecule has 1 heterocycles. The molecule has 1 rings (SSSR count). The Morgan fingerprint density at radius 1 is 0.833 bits per heavy atom. The van der Waals surface area contributed by atoms with E-state index >= 15 is 0 Å². The van der Waals surface area contributed by atoms with Gasteiger partial charge in [-0.15, -0.1) is 0 Å². The molecule has 1 saturated heterocycles. The van der Waals surface area contributed by atoms with Crippen molar-refractivity contribution in [3.63, 3.8) is 0 Å². The highest BCUT2D eigenvalue weighted by Crippen LogP contribution is 2.13. The van der Waals surface area contributed by atoms with Crippen LogP contribution >= 0.6 is 0 Å². The van der Waals surface area contributed by atoms with Gasteiger partial charge in [0.2, 0.25) is 0 Å². The van der Waals surface area contributed by atoms with Crippen LogP contribution in [0, 0.1) is 0 Å². The SMILES string of the molecule is CCCCCCCCCCCCCC=CC1CO1. The largest absolute Gasteiger partial charge is 0.369 e. The fourth-order valence-electron chi connectivity index (χ4n) is 2.34. The zero-order valence-electron chi connectivity index (χ0n) is 12.3. The number of hydrogen-bond donors (Lipinski definition) is 0. The molecule has 0 bridgehead atoms. The number of unbranched alkanes of at least 4 members (excludes halogenated alkanes) is 11. The molecule has 1 fully saturated rings. The van der Waals surface area contributed by atoms with Crippen molar-refractivity contribution in [3.05, 3.63) is 12.2 Å². The van der Waals surface area contributed by atoms with Gasteiger partial charge in [0.1, 0.15) is 0 Å². The first-order valence-electron chi connectivity index (χ1n) is 8.21. The van der Waals surface area contributed by atoms with Gasteiger partial charge >= 0.3 is 0 Å². The Kier molecular flexibility index (Phi) is 10.3. The van der Waals surface area contributed by atoms with Crippen LogP contribution in [-0.4, -0.2) is 12.7 Å². The van der Waals surface area contributed by atoms with Gasteiger partial charge in [-0.3, -0.25) is 0 Å². The minimum absolute atomic E-state index is 0.470. The van der Waals surface area contributed by atoms with Gasteiger partial charge < -0.3 is 4.74 Å². The fourth-order valence-corrected chi connectivity index (χ4v) is 2.34. The van der Waals surface area contributed by atoms with Crippen LogP contribution in [0.25, 0.3) is 0 Å². The van der Waals surface area contributed by atoms with Gasteiger partial charge in [-0.2, -0.15) is 0 Å². The molecule has 0 amide bonds. The lowest BCUT2D eigenvalue weighted by atomic mass is 10.1. The second-order valence-corrected chi connectivity index (χ2v) is 5.62. The normalized spacial score (nSPS) is 18.6. The van der Waals surface area contributed by atoms with Crippen LogP contribution in [0.4, 0.5) is 0 Å². The molecule has 0 spiro atoms. The third-order valence-corrected chi connectivity index (χ3v) is 3.68. The number of epoxide rings is 1. The van der Waals surface area contributed by atoms with Gasteiger partial charge in [0.05, 0.1) is 12.7 Å². The van der Waals surface area contributed by atoms with Gasteiger partial charge in [0.25, 0.3) is 0 Å². The van der Waals surface area contributed by atoms with Crippen molar-refractivity contribution in [1.82, 2.24) is 0 Å². The standard InChI is InChI=1S/C17H32O/c1-2-3-4-5-6-7-8-9-10-11-12-13-14-15-17-16-18-17/h14-15,17H,2-13,16H2,1H3. The summed E-state index contributed by atoms with van der Waals surface area (Å²) in [6, 6.07) is 0. The molecule has 1 heteroatoms. The molecular formula is C17H32O. The lowest BCUT2D eigenvalue weighted by Gasteiger charge is -2.01. The third kappa shape index (κ3) is 10.8. The van der Waals surface area contributed by atoms with Gasteiger partial charge in [-0.25, -0.2) is 0 Å². The molecule has 1 nitrogen and oxygen atoms in total. The van der Waals surface area contributed by atoms with E-state index in [9.17, 15) is 0 Å². The predicted octanol–water partition coefficient (Wildman–Crippen LogP) is 5.64. The Hall–Kier alpha value is -0.300. The average molecular weight is 252 g/mol. The Balaban J connectivity index is 1.65. The first-order valence-corrected chi connectivity index (χ1v) is 8.21. The van der Waals surface area contributed by atoms with E-state index in [0.717, 1.165) is 6.61 Å². The van der Waals surface area contributed by atoms with Crippen LogP contribution in [0.2, 0.25) is 0 Å². The molecular weight excluding hydrogens is 220 g/mol. The first kappa shape index (κ1) is 15.8. The lowest BCUT2D eigenvalue weighted by Crippen LogP contribution is -1.82. The van der Waals surface area contributed by atoms with Crippen LogP contribution in [0.3, 0.4) is 0 Å². The number of ether oxygens (including phenoxy) is 1. The first-order chi connectivity index (χ1) is 8.93. The van der Waals surface area contributed by atoms with Crippen LogP contribution < -0.4 is 0 Å². The van der Waals surface area contributed by atoms with Gasteiger partial charge in [-0.05, 0) is 12.8 Å². The molecule has 1 atom stereocenters. The summed E-state index contributed by atoms with van der Waals surface area (Å²) in [6.07, 6.45) is 22.0. The Bertz CT molecular complexity index is 194. The summed E-state index contributed by atoms with van der Waals surface area (Å²) in [6.45, 7) is 3.24. The van der Waals surface area contributed by atoms with Crippen LogP contribution in [0.5, 0.6) is 0 Å².